The lowest BCUT2D eigenvalue weighted by molar-refractivity contribution is -0.159. The molecule has 0 unspecified atom stereocenters. The normalized spacial score (nSPS) is 19.8. The Morgan fingerprint density at radius 1 is 1.02 bits per heavy atom. The minimum absolute atomic E-state index is 0.108. The Labute approximate surface area is 247 Å². The van der Waals surface area contributed by atoms with E-state index in [4.69, 9.17) is 10.2 Å². The van der Waals surface area contributed by atoms with Crippen LogP contribution in [0.25, 0.3) is 22.8 Å². The van der Waals surface area contributed by atoms with Crippen molar-refractivity contribution >= 4 is 17.6 Å². The highest BCUT2D eigenvalue weighted by molar-refractivity contribution is 5.99. The van der Waals surface area contributed by atoms with Crippen LogP contribution in [0.4, 0.5) is 46.8 Å². The van der Waals surface area contributed by atoms with Gasteiger partial charge < -0.3 is 24.5 Å². The van der Waals surface area contributed by atoms with E-state index >= 15 is 13.2 Å². The molecule has 2 aliphatic rings. The van der Waals surface area contributed by atoms with Crippen molar-refractivity contribution in [2.45, 2.75) is 49.9 Å². The molecule has 238 valence electrons. The summed E-state index contributed by atoms with van der Waals surface area (Å²) >= 11 is 0. The third-order valence-electron chi connectivity index (χ3n) is 7.46. The number of nitrogens with two attached hydrogens (primary N) is 1. The topological polar surface area (TPSA) is 127 Å². The number of halogens is 8. The lowest BCUT2D eigenvalue weighted by atomic mass is 9.99. The van der Waals surface area contributed by atoms with E-state index < -0.39 is 83.6 Å². The Kier molecular flexibility index (Phi) is 7.29. The molecule has 1 atom stereocenters. The summed E-state index contributed by atoms with van der Waals surface area (Å²) in [6.45, 7) is -0.566. The molecule has 18 heteroatoms. The predicted molar refractivity (Wildman–Crippen MR) is 138 cm³/mol. The molecule has 0 radical (unpaired) electrons. The first-order chi connectivity index (χ1) is 21.1. The molecule has 1 amide bonds. The van der Waals surface area contributed by atoms with Gasteiger partial charge in [-0.1, -0.05) is 34.5 Å². The highest BCUT2D eigenvalue weighted by atomic mass is 19.4. The maximum absolute atomic E-state index is 15.3. The third kappa shape index (κ3) is 5.93. The molecule has 10 nitrogen and oxygen atoms in total. The maximum Gasteiger partial charge on any atom is 0.471 e. The van der Waals surface area contributed by atoms with Crippen LogP contribution in [0.3, 0.4) is 0 Å². The molecule has 4 heterocycles. The Morgan fingerprint density at radius 2 is 1.71 bits per heavy atom. The number of fused-ring (bicyclic) bond motifs is 1. The van der Waals surface area contributed by atoms with Crippen LogP contribution in [-0.2, 0) is 23.4 Å². The van der Waals surface area contributed by atoms with Gasteiger partial charge in [-0.3, -0.25) is 4.79 Å². The molecule has 6 rings (SSSR count). The van der Waals surface area contributed by atoms with Gasteiger partial charge in [0.2, 0.25) is 11.7 Å². The number of nitrogens with zero attached hydrogens (tertiary/aromatic N) is 6. The van der Waals surface area contributed by atoms with Crippen LogP contribution < -0.4 is 15.5 Å². The van der Waals surface area contributed by atoms with E-state index in [0.29, 0.717) is 11.6 Å². The number of hydrogen-bond acceptors (Lipinski definition) is 9. The monoisotopic (exact) mass is 643 g/mol. The summed E-state index contributed by atoms with van der Waals surface area (Å²) in [6, 6.07) is 5.13. The number of carbonyl (C=O) groups excluding carboxylic acids is 1. The van der Waals surface area contributed by atoms with E-state index in [1.807, 2.05) is 0 Å². The lowest BCUT2D eigenvalue weighted by Crippen LogP contribution is -2.43. The molecule has 1 saturated heterocycles. The molecule has 0 aliphatic carbocycles. The first-order valence-electron chi connectivity index (χ1n) is 13.4. The van der Waals surface area contributed by atoms with Crippen LogP contribution in [-0.4, -0.2) is 51.3 Å². The number of amides is 1. The van der Waals surface area contributed by atoms with Crippen molar-refractivity contribution in [2.75, 3.05) is 22.9 Å². The zero-order chi connectivity index (χ0) is 32.3. The van der Waals surface area contributed by atoms with E-state index in [1.165, 1.54) is 29.2 Å². The van der Waals surface area contributed by atoms with Crippen molar-refractivity contribution in [3.63, 3.8) is 0 Å². The second kappa shape index (κ2) is 10.8. The van der Waals surface area contributed by atoms with Crippen LogP contribution in [0, 0.1) is 5.82 Å². The van der Waals surface area contributed by atoms with E-state index in [2.05, 4.69) is 24.9 Å². The summed E-state index contributed by atoms with van der Waals surface area (Å²) < 4.78 is 121. The molecule has 0 saturated carbocycles. The molecule has 1 fully saturated rings. The minimum atomic E-state index is -4.85. The smallest absolute Gasteiger partial charge is 0.403 e. The molecule has 0 bridgehead atoms. The average Bonchev–Trinajstić information content (AvgIpc) is 3.65. The van der Waals surface area contributed by atoms with Gasteiger partial charge in [0.1, 0.15) is 5.82 Å². The number of hydrogen-bond donors (Lipinski definition) is 1. The molecule has 2 aromatic carbocycles. The molecule has 45 heavy (non-hydrogen) atoms. The van der Waals surface area contributed by atoms with Gasteiger partial charge in [0.15, 0.2) is 0 Å². The number of piperidine rings is 1. The van der Waals surface area contributed by atoms with Gasteiger partial charge in [-0.05, 0) is 17.7 Å². The SMILES string of the molecule is N[C@@H]1CC(F)(F)c2cc(F)c(-c3nnc(N4CCC(F)(F)CC4)o3)cc2N(Cc2ccc(-c3noc(C(F)(F)F)n3)cc2)C1=O. The average molecular weight is 643 g/mol. The number of aromatic nitrogens is 4. The van der Waals surface area contributed by atoms with Gasteiger partial charge in [0, 0.05) is 43.5 Å². The van der Waals surface area contributed by atoms with Crippen molar-refractivity contribution in [3.05, 3.63) is 59.2 Å². The van der Waals surface area contributed by atoms with E-state index in [0.717, 1.165) is 11.0 Å². The second-order valence-corrected chi connectivity index (χ2v) is 10.6. The Balaban J connectivity index is 1.33. The number of alkyl halides is 7. The van der Waals surface area contributed by atoms with Crippen molar-refractivity contribution in [3.8, 4) is 22.8 Å². The standard InChI is InChI=1S/C27H21F8N7O3/c28-17-10-16-19(9-15(17)21-38-39-24(44-21)41-7-5-25(29,30)6-8-41)42(22(43)18(36)11-26(16,31)32)12-13-1-3-14(4-2-13)20-37-23(45-40-20)27(33,34)35/h1-4,9-10,18H,5-8,11-12,36H2/t18-/m1/s1. The van der Waals surface area contributed by atoms with Crippen molar-refractivity contribution < 1.29 is 48.9 Å². The van der Waals surface area contributed by atoms with E-state index in [1.54, 1.807) is 0 Å². The highest BCUT2D eigenvalue weighted by Crippen LogP contribution is 2.45. The first-order valence-corrected chi connectivity index (χ1v) is 13.4. The molecule has 2 aliphatic heterocycles. The summed E-state index contributed by atoms with van der Waals surface area (Å²) in [7, 11) is 0. The van der Waals surface area contributed by atoms with Gasteiger partial charge in [-0.15, -0.1) is 5.10 Å². The Hall–Kier alpha value is -4.61. The van der Waals surface area contributed by atoms with Crippen molar-refractivity contribution in [1.82, 2.24) is 20.3 Å². The Bertz CT molecular complexity index is 1730. The summed E-state index contributed by atoms with van der Waals surface area (Å²) in [5, 5.41) is 10.9. The van der Waals surface area contributed by atoms with E-state index in [9.17, 15) is 26.7 Å². The minimum Gasteiger partial charge on any atom is -0.403 e. The lowest BCUT2D eigenvalue weighted by Gasteiger charge is -2.30. The van der Waals surface area contributed by atoms with Crippen LogP contribution in [0.2, 0.25) is 0 Å². The quantitative estimate of drug-likeness (QED) is 0.279. The Morgan fingerprint density at radius 3 is 2.36 bits per heavy atom. The summed E-state index contributed by atoms with van der Waals surface area (Å²) in [4.78, 5) is 18.9. The van der Waals surface area contributed by atoms with Gasteiger partial charge >= 0.3 is 18.1 Å². The maximum atomic E-state index is 15.3. The van der Waals surface area contributed by atoms with Crippen LogP contribution >= 0.6 is 0 Å². The molecule has 2 aromatic heterocycles. The van der Waals surface area contributed by atoms with Gasteiger partial charge in [-0.25, -0.2) is 22.0 Å². The van der Waals surface area contributed by atoms with Crippen LogP contribution in [0.5, 0.6) is 0 Å². The van der Waals surface area contributed by atoms with E-state index in [-0.39, 0.29) is 37.0 Å². The van der Waals surface area contributed by atoms with Crippen molar-refractivity contribution in [1.29, 1.82) is 0 Å². The summed E-state index contributed by atoms with van der Waals surface area (Å²) in [6.07, 6.45) is -6.89. The largest absolute Gasteiger partial charge is 0.471 e. The summed E-state index contributed by atoms with van der Waals surface area (Å²) in [5.74, 6) is -11.0. The molecule has 0 spiro atoms. The first kappa shape index (κ1) is 30.4. The second-order valence-electron chi connectivity index (χ2n) is 10.6. The number of benzene rings is 2. The van der Waals surface area contributed by atoms with Gasteiger partial charge in [0.05, 0.1) is 23.8 Å². The fourth-order valence-corrected chi connectivity index (χ4v) is 5.07. The van der Waals surface area contributed by atoms with Gasteiger partial charge in [-0.2, -0.15) is 18.2 Å². The van der Waals surface area contributed by atoms with Gasteiger partial charge in [0.25, 0.3) is 17.7 Å². The molecule has 2 N–H and O–H groups in total. The van der Waals surface area contributed by atoms with Crippen molar-refractivity contribution in [2.24, 2.45) is 5.73 Å². The molecular weight excluding hydrogens is 622 g/mol. The van der Waals surface area contributed by atoms with Crippen LogP contribution in [0.1, 0.15) is 36.3 Å². The number of rotatable bonds is 5. The summed E-state index contributed by atoms with van der Waals surface area (Å²) in [5.41, 5.74) is 4.65. The molecule has 4 aromatic rings. The molecular formula is C27H21F8N7O3. The van der Waals surface area contributed by atoms with Crippen LogP contribution in [0.15, 0.2) is 45.3 Å². The number of carbonyl (C=O) groups is 1. The fraction of sp³-hybridized carbons (Fsp3) is 0.370. The zero-order valence-corrected chi connectivity index (χ0v) is 22.8. The predicted octanol–water partition coefficient (Wildman–Crippen LogP) is 5.54. The number of anilines is 2. The zero-order valence-electron chi connectivity index (χ0n) is 22.8. The third-order valence-corrected chi connectivity index (χ3v) is 7.46. The highest BCUT2D eigenvalue weighted by Gasteiger charge is 2.45. The fourth-order valence-electron chi connectivity index (χ4n) is 5.07.